The highest BCUT2D eigenvalue weighted by atomic mass is 79.9. The second kappa shape index (κ2) is 5.15. The summed E-state index contributed by atoms with van der Waals surface area (Å²) in [4.78, 5) is 10.9. The number of ether oxygens (including phenoxy) is 1. The second-order valence-electron chi connectivity index (χ2n) is 3.16. The summed E-state index contributed by atoms with van der Waals surface area (Å²) in [5, 5.41) is 0. The summed E-state index contributed by atoms with van der Waals surface area (Å²) in [7, 11) is 1.41. The van der Waals surface area contributed by atoms with Gasteiger partial charge in [0.2, 0.25) is 0 Å². The number of hydrogen-bond donors (Lipinski definition) is 0. The monoisotopic (exact) mass is 256 g/mol. The smallest absolute Gasteiger partial charge is 0.305 e. The number of esters is 1. The zero-order chi connectivity index (χ0) is 10.6. The maximum absolute atomic E-state index is 10.9. The molecule has 0 saturated carbocycles. The average Bonchev–Trinajstić information content (AvgIpc) is 2.19. The minimum atomic E-state index is -0.165. The number of methoxy groups -OCH3 is 1. The number of carbonyl (C=O) groups excluding carboxylic acids is 1. The van der Waals surface area contributed by atoms with E-state index in [9.17, 15) is 4.79 Å². The van der Waals surface area contributed by atoms with Crippen molar-refractivity contribution in [2.24, 2.45) is 0 Å². The molecule has 1 rings (SSSR count). The van der Waals surface area contributed by atoms with Gasteiger partial charge in [-0.1, -0.05) is 28.1 Å². The van der Waals surface area contributed by atoms with E-state index >= 15 is 0 Å². The van der Waals surface area contributed by atoms with Gasteiger partial charge in [0, 0.05) is 10.9 Å². The molecule has 0 amide bonds. The first kappa shape index (κ1) is 11.2. The lowest BCUT2D eigenvalue weighted by molar-refractivity contribution is -0.140. The lowest BCUT2D eigenvalue weighted by Gasteiger charge is -2.03. The first-order valence-electron chi connectivity index (χ1n) is 4.45. The van der Waals surface area contributed by atoms with Crippen molar-refractivity contribution < 1.29 is 9.53 Å². The summed E-state index contributed by atoms with van der Waals surface area (Å²) in [6.45, 7) is 2.04. The van der Waals surface area contributed by atoms with Crippen molar-refractivity contribution >= 4 is 21.9 Å². The third kappa shape index (κ3) is 3.14. The quantitative estimate of drug-likeness (QED) is 0.778. The minimum Gasteiger partial charge on any atom is -0.469 e. The number of rotatable bonds is 3. The largest absolute Gasteiger partial charge is 0.469 e. The van der Waals surface area contributed by atoms with Gasteiger partial charge in [-0.3, -0.25) is 4.79 Å². The molecule has 0 N–H and O–H groups in total. The maximum Gasteiger partial charge on any atom is 0.305 e. The van der Waals surface area contributed by atoms with Crippen LogP contribution in [-0.2, 0) is 16.0 Å². The Kier molecular flexibility index (Phi) is 4.14. The molecule has 0 saturated heterocycles. The molecule has 0 bridgehead atoms. The van der Waals surface area contributed by atoms with Crippen molar-refractivity contribution in [2.75, 3.05) is 7.11 Å². The van der Waals surface area contributed by atoms with E-state index < -0.39 is 0 Å². The summed E-state index contributed by atoms with van der Waals surface area (Å²) in [6.07, 6.45) is 1.16. The van der Waals surface area contributed by atoms with Crippen LogP contribution in [0.4, 0.5) is 0 Å². The minimum absolute atomic E-state index is 0.165. The van der Waals surface area contributed by atoms with E-state index in [-0.39, 0.29) is 5.97 Å². The van der Waals surface area contributed by atoms with Crippen molar-refractivity contribution in [3.05, 3.63) is 33.8 Å². The molecule has 1 aromatic carbocycles. The Morgan fingerprint density at radius 3 is 2.79 bits per heavy atom. The van der Waals surface area contributed by atoms with E-state index in [1.807, 2.05) is 25.1 Å². The highest BCUT2D eigenvalue weighted by Crippen LogP contribution is 2.18. The van der Waals surface area contributed by atoms with Gasteiger partial charge >= 0.3 is 5.97 Å². The number of aryl methyl sites for hydroxylation is 2. The molecule has 0 unspecified atom stereocenters. The van der Waals surface area contributed by atoms with Crippen LogP contribution in [-0.4, -0.2) is 13.1 Å². The molecule has 0 aliphatic rings. The number of benzene rings is 1. The second-order valence-corrected chi connectivity index (χ2v) is 4.01. The van der Waals surface area contributed by atoms with Gasteiger partial charge in [0.25, 0.3) is 0 Å². The standard InChI is InChI=1S/C11H13BrO2/c1-8-3-4-9(7-10(8)12)5-6-11(13)14-2/h3-4,7H,5-6H2,1-2H3. The lowest BCUT2D eigenvalue weighted by Crippen LogP contribution is -2.01. The Morgan fingerprint density at radius 1 is 1.50 bits per heavy atom. The summed E-state index contributed by atoms with van der Waals surface area (Å²) >= 11 is 3.45. The molecule has 0 spiro atoms. The Labute approximate surface area is 92.4 Å². The van der Waals surface area contributed by atoms with Crippen LogP contribution in [0.25, 0.3) is 0 Å². The first-order valence-corrected chi connectivity index (χ1v) is 5.24. The fourth-order valence-corrected chi connectivity index (χ4v) is 1.57. The van der Waals surface area contributed by atoms with Gasteiger partial charge in [-0.05, 0) is 30.5 Å². The molecule has 0 aliphatic heterocycles. The molecular weight excluding hydrogens is 244 g/mol. The van der Waals surface area contributed by atoms with Crippen molar-refractivity contribution in [3.8, 4) is 0 Å². The van der Waals surface area contributed by atoms with Crippen molar-refractivity contribution in [2.45, 2.75) is 19.8 Å². The predicted molar refractivity (Wildman–Crippen MR) is 59.2 cm³/mol. The molecule has 0 heterocycles. The summed E-state index contributed by atoms with van der Waals surface area (Å²) < 4.78 is 5.66. The van der Waals surface area contributed by atoms with Crippen LogP contribution in [0.1, 0.15) is 17.5 Å². The van der Waals surface area contributed by atoms with Crippen LogP contribution in [0, 0.1) is 6.92 Å². The zero-order valence-electron chi connectivity index (χ0n) is 8.34. The van der Waals surface area contributed by atoms with Crippen LogP contribution in [0.15, 0.2) is 22.7 Å². The zero-order valence-corrected chi connectivity index (χ0v) is 9.93. The number of carbonyl (C=O) groups is 1. The Bertz CT molecular complexity index is 334. The highest BCUT2D eigenvalue weighted by molar-refractivity contribution is 9.10. The third-order valence-corrected chi connectivity index (χ3v) is 2.94. The number of halogens is 1. The molecule has 14 heavy (non-hydrogen) atoms. The fourth-order valence-electron chi connectivity index (χ4n) is 1.14. The number of hydrogen-bond acceptors (Lipinski definition) is 2. The molecule has 2 nitrogen and oxygen atoms in total. The average molecular weight is 257 g/mol. The van der Waals surface area contributed by atoms with Crippen molar-refractivity contribution in [3.63, 3.8) is 0 Å². The summed E-state index contributed by atoms with van der Waals surface area (Å²) in [5.74, 6) is -0.165. The lowest BCUT2D eigenvalue weighted by atomic mass is 10.1. The van der Waals surface area contributed by atoms with E-state index in [0.29, 0.717) is 6.42 Å². The third-order valence-electron chi connectivity index (χ3n) is 2.08. The van der Waals surface area contributed by atoms with Crippen molar-refractivity contribution in [1.29, 1.82) is 0 Å². The Morgan fingerprint density at radius 2 is 2.21 bits per heavy atom. The van der Waals surface area contributed by atoms with Crippen LogP contribution >= 0.6 is 15.9 Å². The summed E-state index contributed by atoms with van der Waals surface area (Å²) in [5.41, 5.74) is 2.35. The molecule has 76 valence electrons. The van der Waals surface area contributed by atoms with E-state index in [2.05, 4.69) is 20.7 Å². The Hall–Kier alpha value is -0.830. The highest BCUT2D eigenvalue weighted by Gasteiger charge is 2.02. The summed E-state index contributed by atoms with van der Waals surface area (Å²) in [6, 6.07) is 6.11. The van der Waals surface area contributed by atoms with Gasteiger partial charge in [-0.15, -0.1) is 0 Å². The predicted octanol–water partition coefficient (Wildman–Crippen LogP) is 2.86. The molecular formula is C11H13BrO2. The molecule has 0 fully saturated rings. The van der Waals surface area contributed by atoms with E-state index in [1.54, 1.807) is 0 Å². The van der Waals surface area contributed by atoms with Gasteiger partial charge in [0.15, 0.2) is 0 Å². The molecule has 3 heteroatoms. The van der Waals surface area contributed by atoms with E-state index in [1.165, 1.54) is 12.7 Å². The van der Waals surface area contributed by atoms with Gasteiger partial charge in [0.1, 0.15) is 0 Å². The maximum atomic E-state index is 10.9. The molecule has 0 atom stereocenters. The molecule has 0 aromatic heterocycles. The molecule has 1 aromatic rings. The first-order chi connectivity index (χ1) is 6.63. The van der Waals surface area contributed by atoms with Crippen molar-refractivity contribution in [1.82, 2.24) is 0 Å². The van der Waals surface area contributed by atoms with E-state index in [4.69, 9.17) is 0 Å². The van der Waals surface area contributed by atoms with Gasteiger partial charge in [-0.2, -0.15) is 0 Å². The Balaban J connectivity index is 2.60. The topological polar surface area (TPSA) is 26.3 Å². The molecule has 0 aliphatic carbocycles. The van der Waals surface area contributed by atoms with Gasteiger partial charge in [-0.25, -0.2) is 0 Å². The SMILES string of the molecule is COC(=O)CCc1ccc(C)c(Br)c1. The van der Waals surface area contributed by atoms with Crippen LogP contribution in [0.3, 0.4) is 0 Å². The van der Waals surface area contributed by atoms with Gasteiger partial charge in [0.05, 0.1) is 7.11 Å². The molecule has 0 radical (unpaired) electrons. The van der Waals surface area contributed by atoms with Crippen LogP contribution in [0.5, 0.6) is 0 Å². The van der Waals surface area contributed by atoms with E-state index in [0.717, 1.165) is 16.5 Å². The van der Waals surface area contributed by atoms with Crippen LogP contribution in [0.2, 0.25) is 0 Å². The normalized spacial score (nSPS) is 9.93. The van der Waals surface area contributed by atoms with Crippen LogP contribution < -0.4 is 0 Å². The van der Waals surface area contributed by atoms with Gasteiger partial charge < -0.3 is 4.74 Å². The fraction of sp³-hybridized carbons (Fsp3) is 0.364.